The summed E-state index contributed by atoms with van der Waals surface area (Å²) in [6.07, 6.45) is 9.31. The standard InChI is InChI=1S/C16H23NO/c1-4-7-8-12-18-15-11-10-14(9-5-2)16(13-15)17-6-3/h5-6,9-11,13,17H,3-4,7-8,12H2,1-2H3/b9-5-. The first kappa shape index (κ1) is 14.4. The van der Waals surface area contributed by atoms with Crippen LogP contribution in [0.15, 0.2) is 37.1 Å². The predicted molar refractivity (Wildman–Crippen MR) is 80.0 cm³/mol. The number of anilines is 1. The van der Waals surface area contributed by atoms with Crippen LogP contribution in [-0.4, -0.2) is 6.61 Å². The molecule has 0 radical (unpaired) electrons. The molecule has 2 heteroatoms. The molecule has 0 aliphatic rings. The molecule has 0 aliphatic heterocycles. The molecule has 0 spiro atoms. The molecule has 0 saturated carbocycles. The first-order valence-corrected chi connectivity index (χ1v) is 6.58. The van der Waals surface area contributed by atoms with Crippen LogP contribution in [0.3, 0.4) is 0 Å². The van der Waals surface area contributed by atoms with Crippen LogP contribution in [0.4, 0.5) is 5.69 Å². The lowest BCUT2D eigenvalue weighted by Gasteiger charge is -2.10. The van der Waals surface area contributed by atoms with Crippen molar-refractivity contribution >= 4 is 11.8 Å². The van der Waals surface area contributed by atoms with Crippen LogP contribution in [-0.2, 0) is 0 Å². The van der Waals surface area contributed by atoms with Crippen LogP contribution in [0.5, 0.6) is 5.75 Å². The van der Waals surface area contributed by atoms with E-state index in [1.807, 2.05) is 25.1 Å². The summed E-state index contributed by atoms with van der Waals surface area (Å²) >= 11 is 0. The zero-order valence-electron chi connectivity index (χ0n) is 11.4. The van der Waals surface area contributed by atoms with E-state index in [0.29, 0.717) is 0 Å². The van der Waals surface area contributed by atoms with Crippen molar-refractivity contribution < 1.29 is 4.74 Å². The molecule has 1 aromatic rings. The number of benzene rings is 1. The lowest BCUT2D eigenvalue weighted by Crippen LogP contribution is -1.98. The van der Waals surface area contributed by atoms with E-state index in [4.69, 9.17) is 4.74 Å². The van der Waals surface area contributed by atoms with Crippen LogP contribution in [0.2, 0.25) is 0 Å². The fraction of sp³-hybridized carbons (Fsp3) is 0.375. The summed E-state index contributed by atoms with van der Waals surface area (Å²) in [6.45, 7) is 8.68. The van der Waals surface area contributed by atoms with Gasteiger partial charge in [-0.05, 0) is 37.2 Å². The maximum absolute atomic E-state index is 5.73. The maximum atomic E-state index is 5.73. The molecule has 1 rings (SSSR count). The number of rotatable bonds is 8. The van der Waals surface area contributed by atoms with E-state index in [0.717, 1.165) is 30.0 Å². The quantitative estimate of drug-likeness (QED) is 0.661. The number of nitrogens with one attached hydrogen (secondary N) is 1. The highest BCUT2D eigenvalue weighted by atomic mass is 16.5. The first-order valence-electron chi connectivity index (χ1n) is 6.58. The Morgan fingerprint density at radius 3 is 2.83 bits per heavy atom. The number of hydrogen-bond acceptors (Lipinski definition) is 2. The van der Waals surface area contributed by atoms with Gasteiger partial charge in [-0.25, -0.2) is 0 Å². The lowest BCUT2D eigenvalue weighted by molar-refractivity contribution is 0.306. The summed E-state index contributed by atoms with van der Waals surface area (Å²) in [4.78, 5) is 0. The van der Waals surface area contributed by atoms with Gasteiger partial charge in [0, 0.05) is 11.8 Å². The van der Waals surface area contributed by atoms with E-state index in [9.17, 15) is 0 Å². The van der Waals surface area contributed by atoms with Gasteiger partial charge in [-0.3, -0.25) is 0 Å². The maximum Gasteiger partial charge on any atom is 0.121 e. The summed E-state index contributed by atoms with van der Waals surface area (Å²) in [5.74, 6) is 0.906. The molecular weight excluding hydrogens is 222 g/mol. The fourth-order valence-electron chi connectivity index (χ4n) is 1.73. The highest BCUT2D eigenvalue weighted by Crippen LogP contribution is 2.24. The van der Waals surface area contributed by atoms with Crippen molar-refractivity contribution in [2.24, 2.45) is 0 Å². The molecule has 1 N–H and O–H groups in total. The van der Waals surface area contributed by atoms with Crippen molar-refractivity contribution in [1.29, 1.82) is 0 Å². The SMILES string of the molecule is C=CNc1cc(OCCCCC)ccc1/C=C\C. The molecule has 0 heterocycles. The van der Waals surface area contributed by atoms with Crippen molar-refractivity contribution in [2.45, 2.75) is 33.1 Å². The van der Waals surface area contributed by atoms with Gasteiger partial charge in [-0.1, -0.05) is 38.5 Å². The molecule has 1 aromatic carbocycles. The summed E-state index contributed by atoms with van der Waals surface area (Å²) < 4.78 is 5.73. The predicted octanol–water partition coefficient (Wildman–Crippen LogP) is 4.84. The average molecular weight is 245 g/mol. The third kappa shape index (κ3) is 4.66. The third-order valence-corrected chi connectivity index (χ3v) is 2.65. The van der Waals surface area contributed by atoms with Crippen LogP contribution in [0, 0.1) is 0 Å². The number of ether oxygens (including phenoxy) is 1. The van der Waals surface area contributed by atoms with Gasteiger partial charge in [-0.15, -0.1) is 0 Å². The topological polar surface area (TPSA) is 21.3 Å². The molecule has 0 fully saturated rings. The van der Waals surface area contributed by atoms with Crippen molar-refractivity contribution in [3.63, 3.8) is 0 Å². The summed E-state index contributed by atoms with van der Waals surface area (Å²) in [5, 5.41) is 3.14. The Hall–Kier alpha value is -1.70. The zero-order valence-corrected chi connectivity index (χ0v) is 11.4. The van der Waals surface area contributed by atoms with Crippen LogP contribution in [0.25, 0.3) is 6.08 Å². The van der Waals surface area contributed by atoms with Crippen molar-refractivity contribution in [3.8, 4) is 5.75 Å². The van der Waals surface area contributed by atoms with Gasteiger partial charge in [0.2, 0.25) is 0 Å². The molecule has 2 nitrogen and oxygen atoms in total. The molecule has 0 amide bonds. The normalized spacial score (nSPS) is 10.6. The number of allylic oxidation sites excluding steroid dienone is 1. The van der Waals surface area contributed by atoms with E-state index >= 15 is 0 Å². The average Bonchev–Trinajstić information content (AvgIpc) is 2.38. The van der Waals surface area contributed by atoms with Gasteiger partial charge in [0.15, 0.2) is 0 Å². The van der Waals surface area contributed by atoms with Crippen LogP contribution < -0.4 is 10.1 Å². The minimum absolute atomic E-state index is 0.782. The van der Waals surface area contributed by atoms with E-state index in [-0.39, 0.29) is 0 Å². The first-order chi connectivity index (χ1) is 8.81. The van der Waals surface area contributed by atoms with E-state index < -0.39 is 0 Å². The van der Waals surface area contributed by atoms with Crippen LogP contribution in [0.1, 0.15) is 38.7 Å². The molecule has 0 bridgehead atoms. The second-order valence-corrected chi connectivity index (χ2v) is 4.15. The Morgan fingerprint density at radius 2 is 2.17 bits per heavy atom. The number of hydrogen-bond donors (Lipinski definition) is 1. The van der Waals surface area contributed by atoms with Crippen molar-refractivity contribution in [1.82, 2.24) is 0 Å². The second kappa shape index (κ2) is 8.40. The van der Waals surface area contributed by atoms with E-state index in [2.05, 4.69) is 31.0 Å². The fourth-order valence-corrected chi connectivity index (χ4v) is 1.73. The Balaban J connectivity index is 2.69. The Labute approximate surface area is 110 Å². The van der Waals surface area contributed by atoms with E-state index in [1.165, 1.54) is 12.8 Å². The Morgan fingerprint density at radius 1 is 1.33 bits per heavy atom. The summed E-state index contributed by atoms with van der Waals surface area (Å²) in [6, 6.07) is 6.08. The smallest absolute Gasteiger partial charge is 0.121 e. The van der Waals surface area contributed by atoms with Crippen LogP contribution >= 0.6 is 0 Å². The van der Waals surface area contributed by atoms with Crippen molar-refractivity contribution in [2.75, 3.05) is 11.9 Å². The molecule has 0 aliphatic carbocycles. The highest BCUT2D eigenvalue weighted by molar-refractivity contribution is 5.69. The highest BCUT2D eigenvalue weighted by Gasteiger charge is 2.01. The minimum atomic E-state index is 0.782. The van der Waals surface area contributed by atoms with Gasteiger partial charge in [0.25, 0.3) is 0 Å². The van der Waals surface area contributed by atoms with Crippen molar-refractivity contribution in [3.05, 3.63) is 42.6 Å². The summed E-state index contributed by atoms with van der Waals surface area (Å²) in [7, 11) is 0. The Kier molecular flexibility index (Phi) is 6.70. The molecule has 0 aromatic heterocycles. The van der Waals surface area contributed by atoms with Gasteiger partial charge in [-0.2, -0.15) is 0 Å². The van der Waals surface area contributed by atoms with Gasteiger partial charge >= 0.3 is 0 Å². The monoisotopic (exact) mass is 245 g/mol. The largest absolute Gasteiger partial charge is 0.494 e. The van der Waals surface area contributed by atoms with Gasteiger partial charge in [0.1, 0.15) is 5.75 Å². The second-order valence-electron chi connectivity index (χ2n) is 4.15. The van der Waals surface area contributed by atoms with Gasteiger partial charge < -0.3 is 10.1 Å². The van der Waals surface area contributed by atoms with E-state index in [1.54, 1.807) is 6.20 Å². The van der Waals surface area contributed by atoms with Gasteiger partial charge in [0.05, 0.1) is 6.61 Å². The molecule has 98 valence electrons. The summed E-state index contributed by atoms with van der Waals surface area (Å²) in [5.41, 5.74) is 2.16. The molecule has 18 heavy (non-hydrogen) atoms. The third-order valence-electron chi connectivity index (χ3n) is 2.65. The Bertz CT molecular complexity index is 396. The molecule has 0 atom stereocenters. The molecular formula is C16H23NO. The number of unbranched alkanes of at least 4 members (excludes halogenated alkanes) is 2. The zero-order chi connectivity index (χ0) is 13.2. The molecule has 0 unspecified atom stereocenters. The minimum Gasteiger partial charge on any atom is -0.494 e. The molecule has 0 saturated heterocycles. The lowest BCUT2D eigenvalue weighted by atomic mass is 10.1.